The summed E-state index contributed by atoms with van der Waals surface area (Å²) in [7, 11) is 0. The molecule has 1 aromatic carbocycles. The number of hydrogen-bond acceptors (Lipinski definition) is 2. The second-order valence-corrected chi connectivity index (χ2v) is 5.17. The third-order valence-corrected chi connectivity index (χ3v) is 2.67. The van der Waals surface area contributed by atoms with E-state index in [0.717, 1.165) is 0 Å². The molecule has 0 unspecified atom stereocenters. The number of anilines is 1. The molecule has 0 saturated carbocycles. The van der Waals surface area contributed by atoms with Gasteiger partial charge >= 0.3 is 0 Å². The zero-order chi connectivity index (χ0) is 12.6. The SMILES string of the molecule is CC(C)(C)C(=O)N1CCOc2ccc(F)cc21. The van der Waals surface area contributed by atoms with Crippen LogP contribution < -0.4 is 9.64 Å². The first-order valence-electron chi connectivity index (χ1n) is 5.64. The zero-order valence-corrected chi connectivity index (χ0v) is 10.3. The molecule has 1 heterocycles. The predicted molar refractivity (Wildman–Crippen MR) is 63.7 cm³/mol. The Morgan fingerprint density at radius 3 is 2.76 bits per heavy atom. The van der Waals surface area contributed by atoms with Crippen molar-refractivity contribution in [2.75, 3.05) is 18.1 Å². The fourth-order valence-electron chi connectivity index (χ4n) is 1.81. The van der Waals surface area contributed by atoms with Crippen LogP contribution in [0.15, 0.2) is 18.2 Å². The zero-order valence-electron chi connectivity index (χ0n) is 10.3. The van der Waals surface area contributed by atoms with Gasteiger partial charge in [-0.1, -0.05) is 20.8 Å². The third kappa shape index (κ3) is 2.25. The van der Waals surface area contributed by atoms with Crippen LogP contribution in [0.1, 0.15) is 20.8 Å². The summed E-state index contributed by atoms with van der Waals surface area (Å²) in [4.78, 5) is 13.8. The molecule has 0 aliphatic carbocycles. The van der Waals surface area contributed by atoms with E-state index in [2.05, 4.69) is 0 Å². The number of amides is 1. The van der Waals surface area contributed by atoms with Crippen LogP contribution in [-0.2, 0) is 4.79 Å². The van der Waals surface area contributed by atoms with E-state index in [1.165, 1.54) is 12.1 Å². The van der Waals surface area contributed by atoms with Crippen LogP contribution in [0.2, 0.25) is 0 Å². The number of carbonyl (C=O) groups is 1. The molecular weight excluding hydrogens is 221 g/mol. The van der Waals surface area contributed by atoms with Gasteiger partial charge in [0.1, 0.15) is 18.2 Å². The minimum absolute atomic E-state index is 0.0207. The first-order chi connectivity index (χ1) is 7.89. The van der Waals surface area contributed by atoms with Crippen LogP contribution in [0.25, 0.3) is 0 Å². The first-order valence-corrected chi connectivity index (χ1v) is 5.64. The lowest BCUT2D eigenvalue weighted by molar-refractivity contribution is -0.126. The van der Waals surface area contributed by atoms with E-state index < -0.39 is 5.41 Å². The maximum absolute atomic E-state index is 13.2. The van der Waals surface area contributed by atoms with E-state index in [1.54, 1.807) is 11.0 Å². The third-order valence-electron chi connectivity index (χ3n) is 2.67. The molecule has 92 valence electrons. The summed E-state index contributed by atoms with van der Waals surface area (Å²) in [6.45, 7) is 6.46. The summed E-state index contributed by atoms with van der Waals surface area (Å²) in [6.07, 6.45) is 0. The molecule has 1 aliphatic rings. The Balaban J connectivity index is 2.41. The Kier molecular flexibility index (Phi) is 2.81. The Morgan fingerprint density at radius 2 is 2.12 bits per heavy atom. The van der Waals surface area contributed by atoms with E-state index in [0.29, 0.717) is 24.6 Å². The number of rotatable bonds is 0. The van der Waals surface area contributed by atoms with Gasteiger partial charge in [-0.05, 0) is 12.1 Å². The van der Waals surface area contributed by atoms with Crippen LogP contribution in [0.4, 0.5) is 10.1 Å². The molecule has 4 heteroatoms. The van der Waals surface area contributed by atoms with Gasteiger partial charge in [0, 0.05) is 11.5 Å². The molecular formula is C13H16FNO2. The average Bonchev–Trinajstić information content (AvgIpc) is 2.26. The van der Waals surface area contributed by atoms with Gasteiger partial charge in [0.05, 0.1) is 12.2 Å². The highest BCUT2D eigenvalue weighted by atomic mass is 19.1. The number of fused-ring (bicyclic) bond motifs is 1. The number of benzene rings is 1. The molecule has 1 amide bonds. The number of nitrogens with zero attached hydrogens (tertiary/aromatic N) is 1. The van der Waals surface area contributed by atoms with Gasteiger partial charge in [-0.15, -0.1) is 0 Å². The van der Waals surface area contributed by atoms with Crippen molar-refractivity contribution in [3.05, 3.63) is 24.0 Å². The van der Waals surface area contributed by atoms with Crippen molar-refractivity contribution in [3.63, 3.8) is 0 Å². The second-order valence-electron chi connectivity index (χ2n) is 5.17. The van der Waals surface area contributed by atoms with E-state index in [9.17, 15) is 9.18 Å². The quantitative estimate of drug-likeness (QED) is 0.694. The molecule has 0 fully saturated rings. The van der Waals surface area contributed by atoms with Gasteiger partial charge in [0.2, 0.25) is 5.91 Å². The normalized spacial score (nSPS) is 15.2. The van der Waals surface area contributed by atoms with Crippen LogP contribution in [0.3, 0.4) is 0 Å². The van der Waals surface area contributed by atoms with Crippen molar-refractivity contribution in [2.45, 2.75) is 20.8 Å². The fourth-order valence-corrected chi connectivity index (χ4v) is 1.81. The molecule has 0 bridgehead atoms. The van der Waals surface area contributed by atoms with E-state index in [1.807, 2.05) is 20.8 Å². The number of carbonyl (C=O) groups excluding carboxylic acids is 1. The smallest absolute Gasteiger partial charge is 0.232 e. The van der Waals surface area contributed by atoms with E-state index in [4.69, 9.17) is 4.74 Å². The Morgan fingerprint density at radius 1 is 1.41 bits per heavy atom. The highest BCUT2D eigenvalue weighted by Gasteiger charge is 2.31. The molecule has 2 rings (SSSR count). The summed E-state index contributed by atoms with van der Waals surface area (Å²) in [5, 5.41) is 0. The van der Waals surface area contributed by atoms with Crippen molar-refractivity contribution in [1.29, 1.82) is 0 Å². The van der Waals surface area contributed by atoms with Crippen molar-refractivity contribution in [1.82, 2.24) is 0 Å². The molecule has 0 atom stereocenters. The van der Waals surface area contributed by atoms with Crippen molar-refractivity contribution >= 4 is 11.6 Å². The van der Waals surface area contributed by atoms with Gasteiger partial charge < -0.3 is 9.64 Å². The highest BCUT2D eigenvalue weighted by molar-refractivity contribution is 5.98. The molecule has 0 radical (unpaired) electrons. The largest absolute Gasteiger partial charge is 0.490 e. The van der Waals surface area contributed by atoms with Gasteiger partial charge in [-0.2, -0.15) is 0 Å². The van der Waals surface area contributed by atoms with Crippen molar-refractivity contribution in [2.24, 2.45) is 5.41 Å². The molecule has 0 spiro atoms. The maximum Gasteiger partial charge on any atom is 0.232 e. The van der Waals surface area contributed by atoms with Crippen molar-refractivity contribution in [3.8, 4) is 5.75 Å². The maximum atomic E-state index is 13.2. The Hall–Kier alpha value is -1.58. The van der Waals surface area contributed by atoms with Gasteiger partial charge in [-0.3, -0.25) is 4.79 Å². The molecule has 3 nitrogen and oxygen atoms in total. The van der Waals surface area contributed by atoms with Crippen LogP contribution in [-0.4, -0.2) is 19.1 Å². The summed E-state index contributed by atoms with van der Waals surface area (Å²) in [6, 6.07) is 4.24. The highest BCUT2D eigenvalue weighted by Crippen LogP contribution is 2.34. The molecule has 1 aromatic rings. The first kappa shape index (κ1) is 11.9. The second kappa shape index (κ2) is 4.02. The molecule has 0 saturated heterocycles. The van der Waals surface area contributed by atoms with Gasteiger partial charge in [-0.25, -0.2) is 4.39 Å². The number of ether oxygens (including phenoxy) is 1. The van der Waals surface area contributed by atoms with Gasteiger partial charge in [0.15, 0.2) is 0 Å². The van der Waals surface area contributed by atoms with Crippen LogP contribution in [0, 0.1) is 11.2 Å². The van der Waals surface area contributed by atoms with E-state index >= 15 is 0 Å². The minimum Gasteiger partial charge on any atom is -0.490 e. The summed E-state index contributed by atoms with van der Waals surface area (Å²) in [5.74, 6) is 0.184. The lowest BCUT2D eigenvalue weighted by atomic mass is 9.94. The average molecular weight is 237 g/mol. The van der Waals surface area contributed by atoms with E-state index in [-0.39, 0.29) is 11.7 Å². The number of halogens is 1. The van der Waals surface area contributed by atoms with Crippen LogP contribution >= 0.6 is 0 Å². The predicted octanol–water partition coefficient (Wildman–Crippen LogP) is 2.60. The molecule has 1 aliphatic heterocycles. The molecule has 0 N–H and O–H groups in total. The Labute approximate surface area is 100 Å². The number of hydrogen-bond donors (Lipinski definition) is 0. The topological polar surface area (TPSA) is 29.5 Å². The Bertz CT molecular complexity index is 451. The van der Waals surface area contributed by atoms with Gasteiger partial charge in [0.25, 0.3) is 0 Å². The molecule has 0 aromatic heterocycles. The summed E-state index contributed by atoms with van der Waals surface area (Å²) in [5.41, 5.74) is 0.0390. The summed E-state index contributed by atoms with van der Waals surface area (Å²) < 4.78 is 18.6. The lowest BCUT2D eigenvalue weighted by Gasteiger charge is -2.33. The molecule has 17 heavy (non-hydrogen) atoms. The minimum atomic E-state index is -0.485. The van der Waals surface area contributed by atoms with Crippen LogP contribution in [0.5, 0.6) is 5.75 Å². The summed E-state index contributed by atoms with van der Waals surface area (Å²) >= 11 is 0. The van der Waals surface area contributed by atoms with Crippen molar-refractivity contribution < 1.29 is 13.9 Å². The monoisotopic (exact) mass is 237 g/mol. The standard InChI is InChI=1S/C13H16FNO2/c1-13(2,3)12(16)15-6-7-17-11-5-4-9(14)8-10(11)15/h4-5,8H,6-7H2,1-3H3. The fraction of sp³-hybridized carbons (Fsp3) is 0.462. The lowest BCUT2D eigenvalue weighted by Crippen LogP contribution is -2.44.